The van der Waals surface area contributed by atoms with Crippen LogP contribution in [0, 0.1) is 5.82 Å². The molecule has 0 fully saturated rings. The largest absolute Gasteiger partial charge is 0.398 e. The Balaban J connectivity index is 2.21. The van der Waals surface area contributed by atoms with Crippen molar-refractivity contribution in [1.29, 1.82) is 0 Å². The Kier molecular flexibility index (Phi) is 2.96. The molecule has 2 N–H and O–H groups in total. The third-order valence-corrected chi connectivity index (χ3v) is 2.18. The van der Waals surface area contributed by atoms with Crippen LogP contribution in [0.1, 0.15) is 5.56 Å². The molecule has 0 aliphatic carbocycles. The first kappa shape index (κ1) is 10.4. The van der Waals surface area contributed by atoms with Crippen molar-refractivity contribution in [3.63, 3.8) is 0 Å². The third-order valence-electron chi connectivity index (χ3n) is 2.18. The summed E-state index contributed by atoms with van der Waals surface area (Å²) in [6, 6.07) is 13.4. The van der Waals surface area contributed by atoms with Gasteiger partial charge in [-0.1, -0.05) is 18.2 Å². The quantitative estimate of drug-likeness (QED) is 0.605. The van der Waals surface area contributed by atoms with E-state index in [2.05, 4.69) is 4.99 Å². The van der Waals surface area contributed by atoms with Gasteiger partial charge in [-0.05, 0) is 30.3 Å². The number of hydrogen-bond acceptors (Lipinski definition) is 2. The van der Waals surface area contributed by atoms with Crippen LogP contribution in [0.2, 0.25) is 0 Å². The fourth-order valence-corrected chi connectivity index (χ4v) is 1.30. The Morgan fingerprint density at radius 1 is 1.00 bits per heavy atom. The fraction of sp³-hybridized carbons (Fsp3) is 0. The second kappa shape index (κ2) is 4.57. The summed E-state index contributed by atoms with van der Waals surface area (Å²) in [5, 5.41) is 0. The first-order valence-corrected chi connectivity index (χ1v) is 4.90. The maximum Gasteiger partial charge on any atom is 0.123 e. The van der Waals surface area contributed by atoms with E-state index in [9.17, 15) is 4.39 Å². The molecule has 0 amide bonds. The van der Waals surface area contributed by atoms with Gasteiger partial charge in [0, 0.05) is 17.5 Å². The second-order valence-electron chi connectivity index (χ2n) is 3.36. The Morgan fingerprint density at radius 3 is 2.38 bits per heavy atom. The number of para-hydroxylation sites is 1. The van der Waals surface area contributed by atoms with Crippen molar-refractivity contribution in [2.75, 3.05) is 5.73 Å². The smallest absolute Gasteiger partial charge is 0.123 e. The molecule has 0 aliphatic rings. The number of rotatable bonds is 2. The number of nitrogen functional groups attached to an aromatic ring is 1. The van der Waals surface area contributed by atoms with Crippen molar-refractivity contribution in [1.82, 2.24) is 0 Å². The molecule has 0 atom stereocenters. The molecule has 0 aliphatic heterocycles. The minimum atomic E-state index is -0.266. The number of halogens is 1. The molecule has 80 valence electrons. The van der Waals surface area contributed by atoms with Gasteiger partial charge in [0.2, 0.25) is 0 Å². The summed E-state index contributed by atoms with van der Waals surface area (Å²) in [6.45, 7) is 0. The van der Waals surface area contributed by atoms with Gasteiger partial charge in [-0.2, -0.15) is 0 Å². The lowest BCUT2D eigenvalue weighted by atomic mass is 10.2. The minimum absolute atomic E-state index is 0.266. The molecule has 2 aromatic carbocycles. The van der Waals surface area contributed by atoms with E-state index in [1.54, 1.807) is 18.3 Å². The van der Waals surface area contributed by atoms with Crippen LogP contribution < -0.4 is 5.73 Å². The maximum absolute atomic E-state index is 12.6. The highest BCUT2D eigenvalue weighted by atomic mass is 19.1. The van der Waals surface area contributed by atoms with Crippen molar-refractivity contribution in [2.45, 2.75) is 0 Å². The zero-order chi connectivity index (χ0) is 11.4. The van der Waals surface area contributed by atoms with E-state index < -0.39 is 0 Å². The van der Waals surface area contributed by atoms with Crippen LogP contribution in [0.15, 0.2) is 53.5 Å². The molecule has 0 spiro atoms. The highest BCUT2D eigenvalue weighted by molar-refractivity contribution is 5.88. The Labute approximate surface area is 93.3 Å². The van der Waals surface area contributed by atoms with Crippen LogP contribution in [0.3, 0.4) is 0 Å². The number of hydrogen-bond donors (Lipinski definition) is 1. The second-order valence-corrected chi connectivity index (χ2v) is 3.36. The molecular formula is C13H11FN2. The molecule has 0 radical (unpaired) electrons. The molecule has 2 aromatic rings. The van der Waals surface area contributed by atoms with E-state index in [1.165, 1.54) is 12.1 Å². The summed E-state index contributed by atoms with van der Waals surface area (Å²) in [4.78, 5) is 4.21. The number of anilines is 1. The van der Waals surface area contributed by atoms with E-state index in [1.807, 2.05) is 24.3 Å². The third kappa shape index (κ3) is 2.45. The van der Waals surface area contributed by atoms with E-state index in [-0.39, 0.29) is 5.82 Å². The van der Waals surface area contributed by atoms with Crippen LogP contribution in [0.4, 0.5) is 15.8 Å². The lowest BCUT2D eigenvalue weighted by Gasteiger charge is -1.98. The molecule has 0 saturated carbocycles. The van der Waals surface area contributed by atoms with Gasteiger partial charge in [0.1, 0.15) is 5.82 Å². The van der Waals surface area contributed by atoms with Crippen molar-refractivity contribution in [3.8, 4) is 0 Å². The summed E-state index contributed by atoms with van der Waals surface area (Å²) < 4.78 is 12.6. The first-order valence-electron chi connectivity index (χ1n) is 4.90. The van der Waals surface area contributed by atoms with Crippen molar-refractivity contribution in [3.05, 3.63) is 59.9 Å². The molecule has 2 nitrogen and oxygen atoms in total. The summed E-state index contributed by atoms with van der Waals surface area (Å²) in [7, 11) is 0. The normalized spacial score (nSPS) is 10.8. The summed E-state index contributed by atoms with van der Waals surface area (Å²) in [5.41, 5.74) is 7.98. The predicted molar refractivity (Wildman–Crippen MR) is 64.5 cm³/mol. The van der Waals surface area contributed by atoms with Crippen molar-refractivity contribution >= 4 is 17.6 Å². The van der Waals surface area contributed by atoms with Crippen LogP contribution in [0.25, 0.3) is 0 Å². The van der Waals surface area contributed by atoms with Gasteiger partial charge >= 0.3 is 0 Å². The van der Waals surface area contributed by atoms with E-state index in [4.69, 9.17) is 5.73 Å². The SMILES string of the molecule is Nc1ccccc1C=Nc1ccc(F)cc1. The van der Waals surface area contributed by atoms with Gasteiger partial charge in [-0.15, -0.1) is 0 Å². The molecular weight excluding hydrogens is 203 g/mol. The number of nitrogens with two attached hydrogens (primary N) is 1. The van der Waals surface area contributed by atoms with Gasteiger partial charge in [-0.25, -0.2) is 4.39 Å². The summed E-state index contributed by atoms with van der Waals surface area (Å²) >= 11 is 0. The maximum atomic E-state index is 12.6. The predicted octanol–water partition coefficient (Wildman–Crippen LogP) is 3.16. The molecule has 0 unspecified atom stereocenters. The van der Waals surface area contributed by atoms with Crippen molar-refractivity contribution in [2.24, 2.45) is 4.99 Å². The van der Waals surface area contributed by atoms with Gasteiger partial charge in [0.15, 0.2) is 0 Å². The fourth-order valence-electron chi connectivity index (χ4n) is 1.30. The molecule has 0 saturated heterocycles. The molecule has 16 heavy (non-hydrogen) atoms. The number of nitrogens with zero attached hydrogens (tertiary/aromatic N) is 1. The molecule has 0 bridgehead atoms. The zero-order valence-corrected chi connectivity index (χ0v) is 8.60. The highest BCUT2D eigenvalue weighted by Gasteiger charge is 1.93. The van der Waals surface area contributed by atoms with E-state index in [0.717, 1.165) is 5.56 Å². The lowest BCUT2D eigenvalue weighted by molar-refractivity contribution is 0.628. The van der Waals surface area contributed by atoms with E-state index in [0.29, 0.717) is 11.4 Å². The van der Waals surface area contributed by atoms with Crippen molar-refractivity contribution < 1.29 is 4.39 Å². The zero-order valence-electron chi connectivity index (χ0n) is 8.60. The molecule has 0 aromatic heterocycles. The molecule has 2 rings (SSSR count). The van der Waals surface area contributed by atoms with Gasteiger partial charge < -0.3 is 5.73 Å². The van der Waals surface area contributed by atoms with Crippen LogP contribution in [0.5, 0.6) is 0 Å². The minimum Gasteiger partial charge on any atom is -0.398 e. The van der Waals surface area contributed by atoms with Crippen LogP contribution in [-0.4, -0.2) is 6.21 Å². The monoisotopic (exact) mass is 214 g/mol. The standard InChI is InChI=1S/C13H11FN2/c14-11-5-7-12(8-6-11)16-9-10-3-1-2-4-13(10)15/h1-9H,15H2. The number of benzene rings is 2. The average Bonchev–Trinajstić information content (AvgIpc) is 2.30. The average molecular weight is 214 g/mol. The molecule has 0 heterocycles. The summed E-state index contributed by atoms with van der Waals surface area (Å²) in [5.74, 6) is -0.266. The lowest BCUT2D eigenvalue weighted by Crippen LogP contribution is -1.91. The van der Waals surface area contributed by atoms with Gasteiger partial charge in [-0.3, -0.25) is 4.99 Å². The molecule has 3 heteroatoms. The van der Waals surface area contributed by atoms with Gasteiger partial charge in [0.25, 0.3) is 0 Å². The van der Waals surface area contributed by atoms with Crippen LogP contribution in [-0.2, 0) is 0 Å². The number of aliphatic imine (C=N–C) groups is 1. The Bertz CT molecular complexity index is 504. The Morgan fingerprint density at radius 2 is 1.69 bits per heavy atom. The van der Waals surface area contributed by atoms with E-state index >= 15 is 0 Å². The highest BCUT2D eigenvalue weighted by Crippen LogP contribution is 2.14. The van der Waals surface area contributed by atoms with Gasteiger partial charge in [0.05, 0.1) is 5.69 Å². The topological polar surface area (TPSA) is 38.4 Å². The van der Waals surface area contributed by atoms with Crippen LogP contribution >= 0.6 is 0 Å². The first-order chi connectivity index (χ1) is 7.75. The Hall–Kier alpha value is -2.16. The summed E-state index contributed by atoms with van der Waals surface area (Å²) in [6.07, 6.45) is 1.67.